The van der Waals surface area contributed by atoms with Crippen LogP contribution < -0.4 is 10.2 Å². The number of anilines is 1. The molecule has 0 saturated heterocycles. The van der Waals surface area contributed by atoms with Crippen molar-refractivity contribution in [2.75, 3.05) is 25.5 Å². The van der Waals surface area contributed by atoms with Gasteiger partial charge in [-0.2, -0.15) is 0 Å². The van der Waals surface area contributed by atoms with Crippen LogP contribution in [0.3, 0.4) is 0 Å². The number of ether oxygens (including phenoxy) is 1. The minimum atomic E-state index is -0.491. The summed E-state index contributed by atoms with van der Waals surface area (Å²) in [5, 5.41) is 2.74. The zero-order chi connectivity index (χ0) is 17.2. The number of urea groups is 1. The summed E-state index contributed by atoms with van der Waals surface area (Å²) >= 11 is 0. The van der Waals surface area contributed by atoms with E-state index in [4.69, 9.17) is 4.74 Å². The van der Waals surface area contributed by atoms with Gasteiger partial charge in [0, 0.05) is 27.2 Å². The summed E-state index contributed by atoms with van der Waals surface area (Å²) in [5.74, 6) is 0.702. The number of alkyl carbamates (subject to hydrolysis) is 1. The van der Waals surface area contributed by atoms with Crippen molar-refractivity contribution in [2.24, 2.45) is 0 Å². The number of aryl methyl sites for hydroxylation is 1. The van der Waals surface area contributed by atoms with Crippen LogP contribution in [0.25, 0.3) is 0 Å². The lowest BCUT2D eigenvalue weighted by molar-refractivity contribution is 0.0526. The minimum Gasteiger partial charge on any atom is -0.444 e. The first kappa shape index (κ1) is 17.1. The molecule has 0 radical (unpaired) electrons. The lowest BCUT2D eigenvalue weighted by atomic mass is 10.2. The van der Waals surface area contributed by atoms with Gasteiger partial charge in [-0.25, -0.2) is 14.6 Å². The van der Waals surface area contributed by atoms with Gasteiger partial charge in [-0.1, -0.05) is 0 Å². The lowest BCUT2D eigenvalue weighted by Gasteiger charge is -2.30. The van der Waals surface area contributed by atoms with Crippen molar-refractivity contribution < 1.29 is 14.3 Å². The summed E-state index contributed by atoms with van der Waals surface area (Å²) in [4.78, 5) is 31.0. The average molecular weight is 323 g/mol. The summed E-state index contributed by atoms with van der Waals surface area (Å²) in [6, 6.07) is -0.0608. The third kappa shape index (κ3) is 4.14. The summed E-state index contributed by atoms with van der Waals surface area (Å²) in [6.07, 6.45) is 2.08. The number of nitrogens with zero attached hydrogens (tertiary/aromatic N) is 4. The van der Waals surface area contributed by atoms with Crippen LogP contribution in [0.5, 0.6) is 0 Å². The third-order valence-electron chi connectivity index (χ3n) is 3.49. The normalized spacial score (nSPS) is 14.7. The number of nitrogens with one attached hydrogen (secondary N) is 1. The van der Waals surface area contributed by atoms with Crippen LogP contribution in [-0.2, 0) is 17.8 Å². The van der Waals surface area contributed by atoms with Crippen LogP contribution in [0.2, 0.25) is 0 Å². The maximum absolute atomic E-state index is 11.9. The maximum atomic E-state index is 11.9. The molecule has 1 aliphatic rings. The molecule has 0 atom stereocenters. The first-order chi connectivity index (χ1) is 10.7. The Hall–Kier alpha value is -2.25. The van der Waals surface area contributed by atoms with E-state index < -0.39 is 11.7 Å². The van der Waals surface area contributed by atoms with Gasteiger partial charge in [0.05, 0.1) is 18.6 Å². The molecule has 128 valence electrons. The molecular weight excluding hydrogens is 298 g/mol. The van der Waals surface area contributed by atoms with E-state index in [2.05, 4.69) is 10.3 Å². The van der Waals surface area contributed by atoms with Crippen LogP contribution in [0.4, 0.5) is 15.4 Å². The fourth-order valence-corrected chi connectivity index (χ4v) is 2.42. The molecule has 0 fully saturated rings. The van der Waals surface area contributed by atoms with Crippen molar-refractivity contribution in [1.29, 1.82) is 0 Å². The Bertz CT molecular complexity index is 590. The summed E-state index contributed by atoms with van der Waals surface area (Å²) in [5.41, 5.74) is 0.515. The number of hydrogen-bond acceptors (Lipinski definition) is 4. The molecule has 2 heterocycles. The molecule has 0 bridgehead atoms. The first-order valence-corrected chi connectivity index (χ1v) is 7.68. The highest BCUT2D eigenvalue weighted by atomic mass is 16.6. The molecule has 8 heteroatoms. The Morgan fingerprint density at radius 3 is 2.74 bits per heavy atom. The topological polar surface area (TPSA) is 79.7 Å². The Labute approximate surface area is 136 Å². The molecule has 1 N–H and O–H groups in total. The lowest BCUT2D eigenvalue weighted by Crippen LogP contribution is -2.43. The van der Waals surface area contributed by atoms with Gasteiger partial charge in [-0.3, -0.25) is 4.90 Å². The minimum absolute atomic E-state index is 0.0608. The molecule has 1 aromatic heterocycles. The van der Waals surface area contributed by atoms with E-state index in [0.29, 0.717) is 25.5 Å². The van der Waals surface area contributed by atoms with Crippen LogP contribution in [0, 0.1) is 0 Å². The molecule has 0 aromatic carbocycles. The van der Waals surface area contributed by atoms with Gasteiger partial charge in [-0.15, -0.1) is 0 Å². The first-order valence-electron chi connectivity index (χ1n) is 7.68. The zero-order valence-corrected chi connectivity index (χ0v) is 14.4. The van der Waals surface area contributed by atoms with Gasteiger partial charge in [0.25, 0.3) is 0 Å². The second-order valence-electron chi connectivity index (χ2n) is 6.69. The predicted molar refractivity (Wildman–Crippen MR) is 86.3 cm³/mol. The van der Waals surface area contributed by atoms with Crippen molar-refractivity contribution in [3.63, 3.8) is 0 Å². The van der Waals surface area contributed by atoms with Crippen molar-refractivity contribution >= 4 is 17.9 Å². The van der Waals surface area contributed by atoms with Gasteiger partial charge in [0.2, 0.25) is 0 Å². The fraction of sp³-hybridized carbons (Fsp3) is 0.667. The maximum Gasteiger partial charge on any atom is 0.407 e. The highest BCUT2D eigenvalue weighted by molar-refractivity contribution is 5.92. The van der Waals surface area contributed by atoms with Gasteiger partial charge in [0.1, 0.15) is 5.60 Å². The number of imidazole rings is 1. The SMILES string of the molecule is CN1Cc2c(ncn2CCCNC(=O)OC(C)(C)C)N(C)C1=O. The van der Waals surface area contributed by atoms with Gasteiger partial charge in [-0.05, 0) is 27.2 Å². The van der Waals surface area contributed by atoms with Gasteiger partial charge >= 0.3 is 12.1 Å². The Morgan fingerprint density at radius 2 is 2.09 bits per heavy atom. The smallest absolute Gasteiger partial charge is 0.407 e. The molecule has 0 unspecified atom stereocenters. The average Bonchev–Trinajstić information content (AvgIpc) is 2.82. The highest BCUT2D eigenvalue weighted by Gasteiger charge is 2.28. The Morgan fingerprint density at radius 1 is 1.39 bits per heavy atom. The van der Waals surface area contributed by atoms with E-state index in [1.54, 1.807) is 30.2 Å². The fourth-order valence-electron chi connectivity index (χ4n) is 2.42. The Kier molecular flexibility index (Phi) is 4.82. The monoisotopic (exact) mass is 323 g/mol. The standard InChI is InChI=1S/C15H25N5O3/c1-15(2,3)23-13(21)16-7-6-8-20-10-17-12-11(20)9-18(4)14(22)19(12)5/h10H,6-9H2,1-5H3,(H,16,21). The van der Waals surface area contributed by atoms with Crippen molar-refractivity contribution in [3.8, 4) is 0 Å². The molecule has 2 rings (SSSR count). The number of amides is 3. The second-order valence-corrected chi connectivity index (χ2v) is 6.69. The third-order valence-corrected chi connectivity index (χ3v) is 3.49. The van der Waals surface area contributed by atoms with E-state index in [-0.39, 0.29) is 6.03 Å². The van der Waals surface area contributed by atoms with E-state index >= 15 is 0 Å². The quantitative estimate of drug-likeness (QED) is 0.857. The molecule has 0 saturated carbocycles. The van der Waals surface area contributed by atoms with E-state index in [9.17, 15) is 9.59 Å². The number of carbonyl (C=O) groups is 2. The summed E-state index contributed by atoms with van der Waals surface area (Å²) in [7, 11) is 3.49. The molecule has 23 heavy (non-hydrogen) atoms. The summed E-state index contributed by atoms with van der Waals surface area (Å²) in [6.45, 7) is 7.27. The van der Waals surface area contributed by atoms with Crippen LogP contribution >= 0.6 is 0 Å². The van der Waals surface area contributed by atoms with Crippen LogP contribution in [-0.4, -0.2) is 52.8 Å². The molecule has 8 nitrogen and oxygen atoms in total. The Balaban J connectivity index is 1.85. The summed E-state index contributed by atoms with van der Waals surface area (Å²) < 4.78 is 7.20. The van der Waals surface area contributed by atoms with Crippen molar-refractivity contribution in [1.82, 2.24) is 19.8 Å². The van der Waals surface area contributed by atoms with Crippen LogP contribution in [0.15, 0.2) is 6.33 Å². The van der Waals surface area contributed by atoms with Gasteiger partial charge < -0.3 is 19.5 Å². The van der Waals surface area contributed by atoms with Crippen molar-refractivity contribution in [3.05, 3.63) is 12.0 Å². The molecule has 1 aromatic rings. The number of rotatable bonds is 4. The molecular formula is C15H25N5O3. The van der Waals surface area contributed by atoms with Crippen LogP contribution in [0.1, 0.15) is 32.9 Å². The number of aromatic nitrogens is 2. The highest BCUT2D eigenvalue weighted by Crippen LogP contribution is 2.25. The molecule has 1 aliphatic heterocycles. The molecule has 3 amide bonds. The number of carbonyl (C=O) groups excluding carboxylic acids is 2. The number of hydrogen-bond donors (Lipinski definition) is 1. The largest absolute Gasteiger partial charge is 0.444 e. The molecule has 0 spiro atoms. The zero-order valence-electron chi connectivity index (χ0n) is 14.4. The molecule has 0 aliphatic carbocycles. The second kappa shape index (κ2) is 6.47. The van der Waals surface area contributed by atoms with Crippen molar-refractivity contribution in [2.45, 2.75) is 45.9 Å². The predicted octanol–water partition coefficient (Wildman–Crippen LogP) is 1.80. The van der Waals surface area contributed by atoms with E-state index in [1.807, 2.05) is 25.3 Å². The van der Waals surface area contributed by atoms with E-state index in [1.165, 1.54) is 0 Å². The van der Waals surface area contributed by atoms with Gasteiger partial charge in [0.15, 0.2) is 5.82 Å². The number of fused-ring (bicyclic) bond motifs is 1. The van der Waals surface area contributed by atoms with E-state index in [0.717, 1.165) is 12.1 Å².